The van der Waals surface area contributed by atoms with Gasteiger partial charge in [0.25, 0.3) is 9.84 Å². The molecule has 0 fully saturated rings. The highest BCUT2D eigenvalue weighted by molar-refractivity contribution is 7.92. The molecule has 2 aromatic carbocycles. The van der Waals surface area contributed by atoms with Crippen LogP contribution < -0.4 is 5.73 Å². The number of aromatic nitrogens is 2. The molecule has 154 valence electrons. The van der Waals surface area contributed by atoms with Gasteiger partial charge in [-0.3, -0.25) is 4.79 Å². The fourth-order valence-corrected chi connectivity index (χ4v) is 4.00. The molecule has 0 unspecified atom stereocenters. The summed E-state index contributed by atoms with van der Waals surface area (Å²) < 4.78 is 63.8. The summed E-state index contributed by atoms with van der Waals surface area (Å²) in [4.78, 5) is 15.1. The topological polar surface area (TPSA) is 95.1 Å². The highest BCUT2D eigenvalue weighted by Gasteiger charge is 2.47. The van der Waals surface area contributed by atoms with Gasteiger partial charge in [0.15, 0.2) is 0 Å². The fraction of sp³-hybridized carbons (Fsp3) is 0.263. The number of rotatable bonds is 5. The number of imidazole rings is 1. The number of fused-ring (bicyclic) bond motifs is 1. The van der Waals surface area contributed by atoms with Crippen molar-refractivity contribution in [1.29, 1.82) is 0 Å². The van der Waals surface area contributed by atoms with Crippen LogP contribution in [0.2, 0.25) is 0 Å². The average Bonchev–Trinajstić information content (AvgIpc) is 3.04. The first-order valence-electron chi connectivity index (χ1n) is 8.76. The van der Waals surface area contributed by atoms with E-state index in [0.717, 1.165) is 12.1 Å². The van der Waals surface area contributed by atoms with E-state index in [2.05, 4.69) is 4.98 Å². The molecular formula is C19H18F3N3O3S. The zero-order valence-electron chi connectivity index (χ0n) is 15.6. The van der Waals surface area contributed by atoms with Crippen LogP contribution in [0.1, 0.15) is 29.8 Å². The van der Waals surface area contributed by atoms with Gasteiger partial charge >= 0.3 is 5.51 Å². The van der Waals surface area contributed by atoms with Crippen LogP contribution in [0.15, 0.2) is 41.3 Å². The third-order valence-corrected chi connectivity index (χ3v) is 6.14. The Morgan fingerprint density at radius 3 is 2.38 bits per heavy atom. The molecular weight excluding hydrogens is 407 g/mol. The zero-order chi connectivity index (χ0) is 21.6. The number of aryl methyl sites for hydroxylation is 2. The lowest BCUT2D eigenvalue weighted by Crippen LogP contribution is -2.23. The van der Waals surface area contributed by atoms with Gasteiger partial charge in [0.2, 0.25) is 5.91 Å². The highest BCUT2D eigenvalue weighted by atomic mass is 32.2. The Bertz CT molecular complexity index is 1210. The molecule has 0 aliphatic carbocycles. The van der Waals surface area contributed by atoms with Gasteiger partial charge in [-0.1, -0.05) is 13.0 Å². The Morgan fingerprint density at radius 2 is 1.83 bits per heavy atom. The van der Waals surface area contributed by atoms with E-state index in [1.165, 1.54) is 6.07 Å². The van der Waals surface area contributed by atoms with Crippen LogP contribution in [0, 0.1) is 0 Å². The third kappa shape index (κ3) is 3.48. The highest BCUT2D eigenvalue weighted by Crippen LogP contribution is 2.33. The van der Waals surface area contributed by atoms with Crippen molar-refractivity contribution < 1.29 is 26.4 Å². The van der Waals surface area contributed by atoms with Gasteiger partial charge in [0.05, 0.1) is 15.9 Å². The van der Waals surface area contributed by atoms with Crippen molar-refractivity contribution in [2.24, 2.45) is 5.73 Å². The first-order valence-corrected chi connectivity index (χ1v) is 10.2. The molecule has 3 aromatic rings. The van der Waals surface area contributed by atoms with E-state index in [0.29, 0.717) is 41.0 Å². The predicted molar refractivity (Wildman–Crippen MR) is 102 cm³/mol. The van der Waals surface area contributed by atoms with Crippen LogP contribution in [0.4, 0.5) is 13.2 Å². The lowest BCUT2D eigenvalue weighted by atomic mass is 10.0. The van der Waals surface area contributed by atoms with Crippen molar-refractivity contribution in [1.82, 2.24) is 9.55 Å². The SMILES string of the molecule is CCc1cc(-c2nc3cc(S(=O)(=O)C(F)(F)F)ccc3n2CC)ccc1C(N)=O. The van der Waals surface area contributed by atoms with E-state index in [-0.39, 0.29) is 5.52 Å². The van der Waals surface area contributed by atoms with Crippen LogP contribution in [0.25, 0.3) is 22.4 Å². The molecule has 1 aromatic heterocycles. The van der Waals surface area contributed by atoms with Crippen LogP contribution in [0.5, 0.6) is 0 Å². The number of carbonyl (C=O) groups excluding carboxylic acids is 1. The van der Waals surface area contributed by atoms with Crippen molar-refractivity contribution in [3.8, 4) is 11.4 Å². The van der Waals surface area contributed by atoms with Crippen molar-refractivity contribution >= 4 is 26.8 Å². The minimum atomic E-state index is -5.47. The van der Waals surface area contributed by atoms with Gasteiger partial charge in [0.1, 0.15) is 5.82 Å². The lowest BCUT2D eigenvalue weighted by Gasteiger charge is -2.10. The normalized spacial score (nSPS) is 12.4. The summed E-state index contributed by atoms with van der Waals surface area (Å²) >= 11 is 0. The summed E-state index contributed by atoms with van der Waals surface area (Å²) in [6.07, 6.45) is 0.548. The average molecular weight is 425 g/mol. The number of primary amides is 1. The molecule has 0 bridgehead atoms. The monoisotopic (exact) mass is 425 g/mol. The summed E-state index contributed by atoms with van der Waals surface area (Å²) in [5.74, 6) is -0.103. The number of amides is 1. The maximum atomic E-state index is 12.9. The standard InChI is InChI=1S/C19H18F3N3O3S/c1-3-11-9-12(5-7-14(11)17(23)26)18-24-15-10-13(29(27,28)19(20,21)22)6-8-16(15)25(18)4-2/h5-10H,3-4H2,1-2H3,(H2,23,26). The number of hydrogen-bond acceptors (Lipinski definition) is 4. The predicted octanol–water partition coefficient (Wildman–Crippen LogP) is 3.68. The molecule has 0 radical (unpaired) electrons. The number of sulfone groups is 1. The van der Waals surface area contributed by atoms with Gasteiger partial charge in [-0.2, -0.15) is 13.2 Å². The van der Waals surface area contributed by atoms with Gasteiger partial charge in [-0.25, -0.2) is 13.4 Å². The molecule has 1 heterocycles. The van der Waals surface area contributed by atoms with Crippen molar-refractivity contribution in [3.05, 3.63) is 47.5 Å². The number of halogens is 3. The molecule has 0 saturated carbocycles. The minimum Gasteiger partial charge on any atom is -0.366 e. The Morgan fingerprint density at radius 1 is 1.14 bits per heavy atom. The van der Waals surface area contributed by atoms with Crippen molar-refractivity contribution in [2.45, 2.75) is 37.2 Å². The summed E-state index contributed by atoms with van der Waals surface area (Å²) in [5.41, 5.74) is 2.36. The Kier molecular flexibility index (Phi) is 5.16. The molecule has 0 aliphatic rings. The quantitative estimate of drug-likeness (QED) is 0.675. The van der Waals surface area contributed by atoms with Gasteiger partial charge in [-0.05, 0) is 49.2 Å². The largest absolute Gasteiger partial charge is 0.501 e. The minimum absolute atomic E-state index is 0.129. The van der Waals surface area contributed by atoms with Crippen LogP contribution in [-0.4, -0.2) is 29.4 Å². The van der Waals surface area contributed by atoms with Crippen molar-refractivity contribution in [3.63, 3.8) is 0 Å². The number of nitrogens with zero attached hydrogens (tertiary/aromatic N) is 2. The second-order valence-electron chi connectivity index (χ2n) is 6.37. The smallest absolute Gasteiger partial charge is 0.366 e. The van der Waals surface area contributed by atoms with E-state index < -0.39 is 26.1 Å². The lowest BCUT2D eigenvalue weighted by molar-refractivity contribution is -0.0435. The summed E-state index contributed by atoms with van der Waals surface area (Å²) in [5, 5.41) is 0. The number of hydrogen-bond donors (Lipinski definition) is 1. The van der Waals surface area contributed by atoms with E-state index >= 15 is 0 Å². The molecule has 0 aliphatic heterocycles. The molecule has 3 rings (SSSR count). The second-order valence-corrected chi connectivity index (χ2v) is 8.31. The molecule has 10 heteroatoms. The number of carbonyl (C=O) groups is 1. The molecule has 0 spiro atoms. The summed E-state index contributed by atoms with van der Waals surface area (Å²) in [7, 11) is -5.47. The molecule has 6 nitrogen and oxygen atoms in total. The Balaban J connectivity index is 2.21. The van der Waals surface area contributed by atoms with Crippen LogP contribution in [0.3, 0.4) is 0 Å². The van der Waals surface area contributed by atoms with Gasteiger partial charge in [0, 0.05) is 17.7 Å². The first-order chi connectivity index (χ1) is 13.5. The Hall–Kier alpha value is -2.88. The number of nitrogens with two attached hydrogens (primary N) is 1. The van der Waals surface area contributed by atoms with Crippen LogP contribution >= 0.6 is 0 Å². The van der Waals surface area contributed by atoms with E-state index in [1.807, 2.05) is 13.8 Å². The van der Waals surface area contributed by atoms with E-state index in [9.17, 15) is 26.4 Å². The molecule has 2 N–H and O–H groups in total. The fourth-order valence-electron chi connectivity index (χ4n) is 3.22. The molecule has 0 saturated heterocycles. The summed E-state index contributed by atoms with van der Waals surface area (Å²) in [6.45, 7) is 4.16. The molecule has 29 heavy (non-hydrogen) atoms. The van der Waals surface area contributed by atoms with Gasteiger partial charge < -0.3 is 10.3 Å². The third-order valence-electron chi connectivity index (χ3n) is 4.66. The van der Waals surface area contributed by atoms with E-state index in [4.69, 9.17) is 5.73 Å². The second kappa shape index (κ2) is 7.18. The van der Waals surface area contributed by atoms with E-state index in [1.54, 1.807) is 22.8 Å². The zero-order valence-corrected chi connectivity index (χ0v) is 16.4. The maximum absolute atomic E-state index is 12.9. The molecule has 0 atom stereocenters. The Labute approximate surface area is 165 Å². The summed E-state index contributed by atoms with van der Waals surface area (Å²) in [6, 6.07) is 8.14. The first kappa shape index (κ1) is 20.8. The van der Waals surface area contributed by atoms with Crippen LogP contribution in [-0.2, 0) is 22.8 Å². The number of alkyl halides is 3. The molecule has 1 amide bonds. The van der Waals surface area contributed by atoms with Crippen molar-refractivity contribution in [2.75, 3.05) is 0 Å². The number of benzene rings is 2. The maximum Gasteiger partial charge on any atom is 0.501 e. The van der Waals surface area contributed by atoms with Gasteiger partial charge in [-0.15, -0.1) is 0 Å².